The number of fused-ring (bicyclic) bond motifs is 1. The summed E-state index contributed by atoms with van der Waals surface area (Å²) in [6.07, 6.45) is 6.11. The molecule has 2 heterocycles. The molecule has 2 aliphatic heterocycles. The van der Waals surface area contributed by atoms with Gasteiger partial charge in [-0.1, -0.05) is 22.4 Å². The topological polar surface area (TPSA) is 69.7 Å². The maximum atomic E-state index is 13.1. The van der Waals surface area contributed by atoms with Crippen molar-refractivity contribution < 1.29 is 13.2 Å². The minimum absolute atomic E-state index is 0.0682. The van der Waals surface area contributed by atoms with Crippen LogP contribution in [0.3, 0.4) is 0 Å². The number of nitrogens with one attached hydrogen (secondary N) is 1. The first-order valence-corrected chi connectivity index (χ1v) is 12.5. The van der Waals surface area contributed by atoms with Crippen LogP contribution in [0, 0.1) is 5.92 Å². The molecule has 3 aliphatic rings. The van der Waals surface area contributed by atoms with E-state index in [-0.39, 0.29) is 16.7 Å². The van der Waals surface area contributed by atoms with Gasteiger partial charge in [0.25, 0.3) is 0 Å². The number of anilines is 1. The zero-order valence-corrected chi connectivity index (χ0v) is 18.7. The lowest BCUT2D eigenvalue weighted by atomic mass is 10.0. The number of rotatable bonds is 6. The number of sulfonamides is 1. The fraction of sp³-hybridized carbons (Fsp3) is 0.650. The number of piperidine rings is 1. The molecule has 1 amide bonds. The Morgan fingerprint density at radius 1 is 1.21 bits per heavy atom. The van der Waals surface area contributed by atoms with E-state index in [1.165, 1.54) is 19.3 Å². The molecule has 0 spiro atoms. The first kappa shape index (κ1) is 20.3. The Balaban J connectivity index is 1.53. The molecule has 1 aromatic carbocycles. The largest absolute Gasteiger partial charge is 0.310 e. The molecule has 2 fully saturated rings. The van der Waals surface area contributed by atoms with Crippen molar-refractivity contribution in [1.29, 1.82) is 0 Å². The highest BCUT2D eigenvalue weighted by atomic mass is 79.9. The van der Waals surface area contributed by atoms with E-state index >= 15 is 0 Å². The summed E-state index contributed by atoms with van der Waals surface area (Å²) < 4.78 is 29.8. The third-order valence-corrected chi connectivity index (χ3v) is 8.04. The molecule has 1 aliphatic carbocycles. The number of amides is 1. The van der Waals surface area contributed by atoms with Crippen LogP contribution in [0.1, 0.15) is 44.6 Å². The van der Waals surface area contributed by atoms with Crippen molar-refractivity contribution in [3.05, 3.63) is 22.2 Å². The molecule has 8 heteroatoms. The van der Waals surface area contributed by atoms with Crippen molar-refractivity contribution in [1.82, 2.24) is 9.62 Å². The number of carbonyl (C=O) groups excluding carboxylic acids is 1. The molecular formula is C20H28BrN3O3S. The minimum atomic E-state index is -3.70. The lowest BCUT2D eigenvalue weighted by Gasteiger charge is -2.33. The van der Waals surface area contributed by atoms with Gasteiger partial charge in [-0.2, -0.15) is 0 Å². The van der Waals surface area contributed by atoms with Crippen LogP contribution in [-0.4, -0.2) is 51.4 Å². The van der Waals surface area contributed by atoms with Gasteiger partial charge in [-0.05, 0) is 63.3 Å². The van der Waals surface area contributed by atoms with Gasteiger partial charge in [0.15, 0.2) is 0 Å². The van der Waals surface area contributed by atoms with Gasteiger partial charge in [-0.25, -0.2) is 13.1 Å². The average Bonchev–Trinajstić information content (AvgIpc) is 3.42. The number of halogens is 1. The lowest BCUT2D eigenvalue weighted by molar-refractivity contribution is -0.119. The fourth-order valence-electron chi connectivity index (χ4n) is 4.34. The van der Waals surface area contributed by atoms with Crippen molar-refractivity contribution in [2.45, 2.75) is 56.4 Å². The predicted molar refractivity (Wildman–Crippen MR) is 113 cm³/mol. The van der Waals surface area contributed by atoms with Crippen molar-refractivity contribution in [3.63, 3.8) is 0 Å². The van der Waals surface area contributed by atoms with E-state index in [0.717, 1.165) is 29.4 Å². The summed E-state index contributed by atoms with van der Waals surface area (Å²) in [6.45, 7) is 4.88. The molecule has 6 nitrogen and oxygen atoms in total. The maximum Gasteiger partial charge on any atom is 0.242 e. The molecule has 4 rings (SSSR count). The second kappa shape index (κ2) is 8.05. The summed E-state index contributed by atoms with van der Waals surface area (Å²) in [5.74, 6) is 0.137. The Hall–Kier alpha value is -0.960. The van der Waals surface area contributed by atoms with E-state index in [2.05, 4.69) is 32.5 Å². The van der Waals surface area contributed by atoms with Crippen molar-refractivity contribution in [2.75, 3.05) is 31.1 Å². The minimum Gasteiger partial charge on any atom is -0.310 e. The fourth-order valence-corrected chi connectivity index (χ4v) is 6.29. The Kier molecular flexibility index (Phi) is 5.84. The van der Waals surface area contributed by atoms with Gasteiger partial charge in [0.2, 0.25) is 15.9 Å². The monoisotopic (exact) mass is 469 g/mol. The summed E-state index contributed by atoms with van der Waals surface area (Å²) in [7, 11) is -3.70. The molecule has 1 N–H and O–H groups in total. The third kappa shape index (κ3) is 4.15. The standard InChI is InChI=1S/C20H28BrN3O3S/c1-14-4-2-3-9-23(14)11-8-22-28(26,27)18-13-17(21)12-16-7-10-24(19(16)18)20(25)15-5-6-15/h12-15,22H,2-11H2,1H3. The van der Waals surface area contributed by atoms with E-state index in [9.17, 15) is 13.2 Å². The molecule has 1 aromatic rings. The highest BCUT2D eigenvalue weighted by Crippen LogP contribution is 2.41. The summed E-state index contributed by atoms with van der Waals surface area (Å²) in [4.78, 5) is 16.9. The Morgan fingerprint density at radius 3 is 2.71 bits per heavy atom. The molecule has 0 bridgehead atoms. The van der Waals surface area contributed by atoms with Crippen LogP contribution >= 0.6 is 15.9 Å². The molecule has 1 atom stereocenters. The average molecular weight is 470 g/mol. The number of likely N-dealkylation sites (tertiary alicyclic amines) is 1. The van der Waals surface area contributed by atoms with Crippen LogP contribution in [0.15, 0.2) is 21.5 Å². The second-order valence-electron chi connectivity index (χ2n) is 8.20. The van der Waals surface area contributed by atoms with Crippen molar-refractivity contribution in [3.8, 4) is 0 Å². The quantitative estimate of drug-likeness (QED) is 0.695. The maximum absolute atomic E-state index is 13.1. The molecule has 1 unspecified atom stereocenters. The summed E-state index contributed by atoms with van der Waals surface area (Å²) >= 11 is 3.44. The second-order valence-corrected chi connectivity index (χ2v) is 10.9. The smallest absolute Gasteiger partial charge is 0.242 e. The van der Waals surface area contributed by atoms with Crippen molar-refractivity contribution in [2.24, 2.45) is 5.92 Å². The van der Waals surface area contributed by atoms with Crippen LogP contribution in [0.25, 0.3) is 0 Å². The number of hydrogen-bond donors (Lipinski definition) is 1. The van der Waals surface area contributed by atoms with Crippen LogP contribution in [0.4, 0.5) is 5.69 Å². The first-order chi connectivity index (χ1) is 13.4. The first-order valence-electron chi connectivity index (χ1n) is 10.2. The Morgan fingerprint density at radius 2 is 2.00 bits per heavy atom. The highest BCUT2D eigenvalue weighted by molar-refractivity contribution is 9.10. The molecule has 28 heavy (non-hydrogen) atoms. The van der Waals surface area contributed by atoms with Gasteiger partial charge in [0.05, 0.1) is 5.69 Å². The molecular weight excluding hydrogens is 442 g/mol. The zero-order chi connectivity index (χ0) is 19.9. The van der Waals surface area contributed by atoms with E-state index in [1.54, 1.807) is 11.0 Å². The van der Waals surface area contributed by atoms with Gasteiger partial charge in [-0.3, -0.25) is 9.69 Å². The predicted octanol–water partition coefficient (Wildman–Crippen LogP) is 2.90. The zero-order valence-electron chi connectivity index (χ0n) is 16.3. The van der Waals surface area contributed by atoms with E-state index in [1.807, 2.05) is 6.07 Å². The molecule has 1 saturated heterocycles. The van der Waals surface area contributed by atoms with Gasteiger partial charge >= 0.3 is 0 Å². The van der Waals surface area contributed by atoms with Crippen LogP contribution in [0.5, 0.6) is 0 Å². The SMILES string of the molecule is CC1CCCCN1CCNS(=O)(=O)c1cc(Br)cc2c1N(C(=O)C1CC1)CC2. The lowest BCUT2D eigenvalue weighted by Crippen LogP contribution is -2.42. The van der Waals surface area contributed by atoms with Gasteiger partial charge in [0.1, 0.15) is 4.90 Å². The number of nitrogens with zero attached hydrogens (tertiary/aromatic N) is 2. The number of benzene rings is 1. The van der Waals surface area contributed by atoms with Gasteiger partial charge in [0, 0.05) is 36.1 Å². The number of carbonyl (C=O) groups is 1. The summed E-state index contributed by atoms with van der Waals surface area (Å²) in [5, 5.41) is 0. The highest BCUT2D eigenvalue weighted by Gasteiger charge is 2.39. The van der Waals surface area contributed by atoms with Gasteiger partial charge < -0.3 is 4.90 Å². The third-order valence-electron chi connectivity index (χ3n) is 6.11. The van der Waals surface area contributed by atoms with E-state index < -0.39 is 10.0 Å². The summed E-state index contributed by atoms with van der Waals surface area (Å²) in [6, 6.07) is 4.06. The molecule has 154 valence electrons. The molecule has 0 radical (unpaired) electrons. The number of hydrogen-bond acceptors (Lipinski definition) is 4. The van der Waals surface area contributed by atoms with E-state index in [4.69, 9.17) is 0 Å². The normalized spacial score (nSPS) is 23.1. The van der Waals surface area contributed by atoms with Crippen LogP contribution in [0.2, 0.25) is 0 Å². The van der Waals surface area contributed by atoms with Crippen molar-refractivity contribution >= 4 is 37.5 Å². The Bertz CT molecular complexity index is 870. The van der Waals surface area contributed by atoms with Crippen LogP contribution < -0.4 is 9.62 Å². The van der Waals surface area contributed by atoms with Crippen LogP contribution in [-0.2, 0) is 21.2 Å². The molecule has 0 aromatic heterocycles. The van der Waals surface area contributed by atoms with Gasteiger partial charge in [-0.15, -0.1) is 0 Å². The molecule has 1 saturated carbocycles. The summed E-state index contributed by atoms with van der Waals surface area (Å²) in [5.41, 5.74) is 1.51. The van der Waals surface area contributed by atoms with E-state index in [0.29, 0.717) is 37.8 Å². The Labute approximate surface area is 175 Å².